The van der Waals surface area contributed by atoms with Crippen LogP contribution >= 0.6 is 0 Å². The van der Waals surface area contributed by atoms with E-state index in [2.05, 4.69) is 10.4 Å². The second-order valence-corrected chi connectivity index (χ2v) is 3.51. The maximum Gasteiger partial charge on any atom is 0.406 e. The minimum atomic E-state index is -4.43. The number of hydrogen-bond acceptors (Lipinski definition) is 4. The lowest BCUT2D eigenvalue weighted by Gasteiger charge is -2.21. The standard InChI is InChI=1S/C10H13F3N4O/c1-2-17(6-10(11,12)13)9(18)8-4-3-7(16-14)5-15-8/h3-5,16H,2,6,14H2,1H3. The molecule has 5 nitrogen and oxygen atoms in total. The summed E-state index contributed by atoms with van der Waals surface area (Å²) >= 11 is 0. The monoisotopic (exact) mass is 262 g/mol. The Kier molecular flexibility index (Phi) is 4.49. The molecule has 0 bridgehead atoms. The second-order valence-electron chi connectivity index (χ2n) is 3.51. The van der Waals surface area contributed by atoms with E-state index in [1.54, 1.807) is 0 Å². The van der Waals surface area contributed by atoms with Crippen molar-refractivity contribution < 1.29 is 18.0 Å². The van der Waals surface area contributed by atoms with Crippen LogP contribution < -0.4 is 11.3 Å². The number of alkyl halides is 3. The first kappa shape index (κ1) is 14.2. The molecule has 0 saturated carbocycles. The number of nitrogens with zero attached hydrogens (tertiary/aromatic N) is 2. The number of anilines is 1. The number of carbonyl (C=O) groups excluding carboxylic acids is 1. The lowest BCUT2D eigenvalue weighted by molar-refractivity contribution is -0.140. The number of nitrogen functional groups attached to an aromatic ring is 1. The van der Waals surface area contributed by atoms with Crippen molar-refractivity contribution in [1.82, 2.24) is 9.88 Å². The number of pyridine rings is 1. The van der Waals surface area contributed by atoms with Crippen LogP contribution in [0, 0.1) is 0 Å². The van der Waals surface area contributed by atoms with Crippen molar-refractivity contribution >= 4 is 11.6 Å². The topological polar surface area (TPSA) is 71.2 Å². The number of rotatable bonds is 4. The highest BCUT2D eigenvalue weighted by Gasteiger charge is 2.32. The van der Waals surface area contributed by atoms with Crippen LogP contribution in [0.2, 0.25) is 0 Å². The summed E-state index contributed by atoms with van der Waals surface area (Å²) in [6, 6.07) is 2.78. The van der Waals surface area contributed by atoms with Crippen LogP contribution in [-0.2, 0) is 0 Å². The summed E-state index contributed by atoms with van der Waals surface area (Å²) in [6.45, 7) is 0.136. The smallest absolute Gasteiger partial charge is 0.328 e. The molecule has 0 fully saturated rings. The number of halogens is 3. The lowest BCUT2D eigenvalue weighted by Crippen LogP contribution is -2.39. The third-order valence-electron chi connectivity index (χ3n) is 2.19. The molecule has 0 saturated heterocycles. The molecule has 0 aliphatic rings. The number of hydrogen-bond donors (Lipinski definition) is 2. The summed E-state index contributed by atoms with van der Waals surface area (Å²) in [4.78, 5) is 16.2. The zero-order valence-electron chi connectivity index (χ0n) is 9.66. The van der Waals surface area contributed by atoms with Crippen LogP contribution in [0.25, 0.3) is 0 Å². The van der Waals surface area contributed by atoms with Gasteiger partial charge in [-0.25, -0.2) is 4.98 Å². The Morgan fingerprint density at radius 1 is 1.50 bits per heavy atom. The zero-order valence-corrected chi connectivity index (χ0v) is 9.66. The minimum absolute atomic E-state index is 0.0447. The summed E-state index contributed by atoms with van der Waals surface area (Å²) in [5.74, 6) is 4.35. The number of aromatic nitrogens is 1. The molecular formula is C10H13F3N4O. The summed E-state index contributed by atoms with van der Waals surface area (Å²) in [6.07, 6.45) is -3.15. The average molecular weight is 262 g/mol. The second kappa shape index (κ2) is 5.67. The molecule has 0 aliphatic carbocycles. The van der Waals surface area contributed by atoms with Gasteiger partial charge in [0.25, 0.3) is 5.91 Å². The van der Waals surface area contributed by atoms with Gasteiger partial charge in [0.15, 0.2) is 0 Å². The highest BCUT2D eigenvalue weighted by molar-refractivity contribution is 5.92. The van der Waals surface area contributed by atoms with Crippen molar-refractivity contribution in [3.05, 3.63) is 24.0 Å². The average Bonchev–Trinajstić information content (AvgIpc) is 2.34. The highest BCUT2D eigenvalue weighted by atomic mass is 19.4. The molecule has 0 unspecified atom stereocenters. The van der Waals surface area contributed by atoms with Gasteiger partial charge in [-0.3, -0.25) is 10.6 Å². The molecule has 8 heteroatoms. The zero-order chi connectivity index (χ0) is 13.8. The summed E-state index contributed by atoms with van der Waals surface area (Å²) in [7, 11) is 0. The normalized spacial score (nSPS) is 11.2. The third-order valence-corrected chi connectivity index (χ3v) is 2.19. The number of carbonyl (C=O) groups is 1. The minimum Gasteiger partial charge on any atom is -0.328 e. The van der Waals surface area contributed by atoms with Gasteiger partial charge in [0.1, 0.15) is 12.2 Å². The molecule has 100 valence electrons. The van der Waals surface area contributed by atoms with Gasteiger partial charge in [0, 0.05) is 6.54 Å². The Bertz CT molecular complexity index is 405. The quantitative estimate of drug-likeness (QED) is 0.635. The van der Waals surface area contributed by atoms with Gasteiger partial charge in [-0.15, -0.1) is 0 Å². The Hall–Kier alpha value is -1.83. The van der Waals surface area contributed by atoms with E-state index in [0.29, 0.717) is 10.6 Å². The highest BCUT2D eigenvalue weighted by Crippen LogP contribution is 2.17. The van der Waals surface area contributed by atoms with Crippen molar-refractivity contribution in [1.29, 1.82) is 0 Å². The molecule has 1 aromatic rings. The van der Waals surface area contributed by atoms with E-state index in [1.165, 1.54) is 25.3 Å². The molecule has 0 atom stereocenters. The molecule has 1 aromatic heterocycles. The van der Waals surface area contributed by atoms with Gasteiger partial charge in [0.05, 0.1) is 11.9 Å². The van der Waals surface area contributed by atoms with Gasteiger partial charge in [-0.1, -0.05) is 0 Å². The molecular weight excluding hydrogens is 249 g/mol. The van der Waals surface area contributed by atoms with Crippen molar-refractivity contribution in [2.45, 2.75) is 13.1 Å². The Morgan fingerprint density at radius 2 is 2.17 bits per heavy atom. The predicted octanol–water partition coefficient (Wildman–Crippen LogP) is 1.39. The largest absolute Gasteiger partial charge is 0.406 e. The third kappa shape index (κ3) is 3.88. The van der Waals surface area contributed by atoms with E-state index >= 15 is 0 Å². The van der Waals surface area contributed by atoms with Gasteiger partial charge in [0.2, 0.25) is 0 Å². The molecule has 1 heterocycles. The molecule has 0 aliphatic heterocycles. The fraction of sp³-hybridized carbons (Fsp3) is 0.400. The van der Waals surface area contributed by atoms with E-state index < -0.39 is 18.6 Å². The van der Waals surface area contributed by atoms with Gasteiger partial charge in [-0.05, 0) is 19.1 Å². The van der Waals surface area contributed by atoms with Gasteiger partial charge in [-0.2, -0.15) is 13.2 Å². The van der Waals surface area contributed by atoms with Crippen molar-refractivity contribution in [2.75, 3.05) is 18.5 Å². The van der Waals surface area contributed by atoms with Gasteiger partial charge >= 0.3 is 6.18 Å². The number of nitrogens with one attached hydrogen (secondary N) is 1. The van der Waals surface area contributed by atoms with Crippen LogP contribution in [0.1, 0.15) is 17.4 Å². The molecule has 18 heavy (non-hydrogen) atoms. The van der Waals surface area contributed by atoms with Gasteiger partial charge < -0.3 is 10.3 Å². The first-order valence-corrected chi connectivity index (χ1v) is 5.16. The Balaban J connectivity index is 2.82. The molecule has 3 N–H and O–H groups in total. The number of hydrazine groups is 1. The van der Waals surface area contributed by atoms with E-state index in [1.807, 2.05) is 0 Å². The van der Waals surface area contributed by atoms with Crippen molar-refractivity contribution in [3.8, 4) is 0 Å². The molecule has 0 spiro atoms. The summed E-state index contributed by atoms with van der Waals surface area (Å²) in [5.41, 5.74) is 2.72. The van der Waals surface area contributed by atoms with E-state index in [9.17, 15) is 18.0 Å². The first-order chi connectivity index (χ1) is 8.37. The SMILES string of the molecule is CCN(CC(F)(F)F)C(=O)c1ccc(NN)cn1. The van der Waals surface area contributed by atoms with Crippen molar-refractivity contribution in [2.24, 2.45) is 5.84 Å². The van der Waals surface area contributed by atoms with E-state index in [4.69, 9.17) is 5.84 Å². The lowest BCUT2D eigenvalue weighted by atomic mass is 10.3. The maximum atomic E-state index is 12.2. The fourth-order valence-corrected chi connectivity index (χ4v) is 1.31. The number of amides is 1. The fourth-order valence-electron chi connectivity index (χ4n) is 1.31. The van der Waals surface area contributed by atoms with Crippen LogP contribution in [0.5, 0.6) is 0 Å². The summed E-state index contributed by atoms with van der Waals surface area (Å²) in [5, 5.41) is 0. The van der Waals surface area contributed by atoms with E-state index in [0.717, 1.165) is 0 Å². The van der Waals surface area contributed by atoms with Crippen molar-refractivity contribution in [3.63, 3.8) is 0 Å². The molecule has 0 aromatic carbocycles. The molecule has 1 rings (SSSR count). The van der Waals surface area contributed by atoms with Crippen LogP contribution in [-0.4, -0.2) is 35.1 Å². The van der Waals surface area contributed by atoms with E-state index in [-0.39, 0.29) is 12.2 Å². The summed E-state index contributed by atoms with van der Waals surface area (Å²) < 4.78 is 36.7. The first-order valence-electron chi connectivity index (χ1n) is 5.16. The Morgan fingerprint density at radius 3 is 2.56 bits per heavy atom. The van der Waals surface area contributed by atoms with Crippen LogP contribution in [0.15, 0.2) is 18.3 Å². The Labute approximate surface area is 102 Å². The van der Waals surface area contributed by atoms with Crippen LogP contribution in [0.3, 0.4) is 0 Å². The molecule has 1 amide bonds. The maximum absolute atomic E-state index is 12.2. The van der Waals surface area contributed by atoms with Crippen LogP contribution in [0.4, 0.5) is 18.9 Å². The number of nitrogens with two attached hydrogens (primary N) is 1. The molecule has 0 radical (unpaired) electrons. The predicted molar refractivity (Wildman–Crippen MR) is 59.7 cm³/mol.